The molecule has 26 heavy (non-hydrogen) atoms. The maximum atomic E-state index is 12.8. The van der Waals surface area contributed by atoms with Gasteiger partial charge in [-0.3, -0.25) is 9.78 Å². The molecule has 7 nitrogen and oxygen atoms in total. The normalized spacial score (nSPS) is 29.2. The van der Waals surface area contributed by atoms with Crippen LogP contribution in [0.15, 0.2) is 40.9 Å². The molecule has 3 heterocycles. The number of furan rings is 1. The van der Waals surface area contributed by atoms with Crippen LogP contribution in [0.5, 0.6) is 0 Å². The molecule has 1 saturated heterocycles. The van der Waals surface area contributed by atoms with Crippen molar-refractivity contribution < 1.29 is 14.3 Å². The van der Waals surface area contributed by atoms with Crippen molar-refractivity contribution in [1.82, 2.24) is 21.2 Å². The van der Waals surface area contributed by atoms with Gasteiger partial charge in [-0.15, -0.1) is 0 Å². The first-order chi connectivity index (χ1) is 12.6. The van der Waals surface area contributed by atoms with Crippen LogP contribution in [-0.4, -0.2) is 28.1 Å². The van der Waals surface area contributed by atoms with E-state index in [2.05, 4.69) is 21.2 Å². The molecule has 1 aliphatic carbocycles. The van der Waals surface area contributed by atoms with Crippen LogP contribution < -0.4 is 16.2 Å². The quantitative estimate of drug-likeness (QED) is 0.648. The van der Waals surface area contributed by atoms with Crippen LogP contribution in [0, 0.1) is 12.8 Å². The molecular formula is C19H24N4O3. The minimum Gasteiger partial charge on any atom is -0.465 e. The van der Waals surface area contributed by atoms with Crippen LogP contribution in [0.2, 0.25) is 0 Å². The molecule has 0 aromatic carbocycles. The van der Waals surface area contributed by atoms with Crippen molar-refractivity contribution in [3.8, 4) is 0 Å². The Morgan fingerprint density at radius 3 is 2.77 bits per heavy atom. The topological polar surface area (TPSA) is 99.4 Å². The molecule has 2 aliphatic rings. The average Bonchev–Trinajstić information content (AvgIpc) is 3.27. The Hall–Kier alpha value is -2.22. The summed E-state index contributed by atoms with van der Waals surface area (Å²) in [6, 6.07) is 8.99. The lowest BCUT2D eigenvalue weighted by Crippen LogP contribution is -2.48. The monoisotopic (exact) mass is 356 g/mol. The summed E-state index contributed by atoms with van der Waals surface area (Å²) in [4.78, 5) is 17.2. The number of aromatic nitrogens is 1. The Bertz CT molecular complexity index is 757. The number of aliphatic hydroxyl groups excluding tert-OH is 1. The second-order valence-electron chi connectivity index (χ2n) is 7.20. The van der Waals surface area contributed by atoms with E-state index in [1.54, 1.807) is 6.20 Å². The van der Waals surface area contributed by atoms with Crippen molar-refractivity contribution in [2.45, 2.75) is 50.4 Å². The van der Waals surface area contributed by atoms with Gasteiger partial charge in [0.25, 0.3) is 0 Å². The summed E-state index contributed by atoms with van der Waals surface area (Å²) in [6.07, 6.45) is 3.44. The van der Waals surface area contributed by atoms with E-state index in [1.165, 1.54) is 0 Å². The molecule has 138 valence electrons. The molecule has 1 saturated carbocycles. The Balaban J connectivity index is 1.42. The van der Waals surface area contributed by atoms with Crippen molar-refractivity contribution in [3.63, 3.8) is 0 Å². The Kier molecular flexibility index (Phi) is 4.76. The van der Waals surface area contributed by atoms with Crippen LogP contribution in [0.3, 0.4) is 0 Å². The van der Waals surface area contributed by atoms with Crippen molar-refractivity contribution in [3.05, 3.63) is 53.7 Å². The minimum absolute atomic E-state index is 0.0294. The number of nitrogens with one attached hydrogen (secondary N) is 3. The maximum Gasteiger partial charge on any atom is 0.239 e. The lowest BCUT2D eigenvalue weighted by Gasteiger charge is -2.38. The number of hydrogen-bond donors (Lipinski definition) is 4. The van der Waals surface area contributed by atoms with Crippen LogP contribution in [0.25, 0.3) is 0 Å². The highest BCUT2D eigenvalue weighted by Gasteiger charge is 2.39. The van der Waals surface area contributed by atoms with Crippen LogP contribution >= 0.6 is 0 Å². The van der Waals surface area contributed by atoms with E-state index in [9.17, 15) is 9.90 Å². The number of hydrogen-bond acceptors (Lipinski definition) is 6. The molecule has 0 radical (unpaired) electrons. The Labute approximate surface area is 152 Å². The fourth-order valence-corrected chi connectivity index (χ4v) is 3.70. The van der Waals surface area contributed by atoms with Gasteiger partial charge in [-0.25, -0.2) is 10.9 Å². The van der Waals surface area contributed by atoms with E-state index >= 15 is 0 Å². The molecule has 1 aliphatic heterocycles. The third-order valence-corrected chi connectivity index (χ3v) is 5.25. The molecule has 4 N–H and O–H groups in total. The Morgan fingerprint density at radius 1 is 1.27 bits per heavy atom. The lowest BCUT2D eigenvalue weighted by atomic mass is 9.76. The molecule has 0 spiro atoms. The van der Waals surface area contributed by atoms with E-state index in [4.69, 9.17) is 4.42 Å². The van der Waals surface area contributed by atoms with Crippen LogP contribution in [0.4, 0.5) is 0 Å². The number of nitrogens with zero attached hydrogens (tertiary/aromatic N) is 1. The number of carbonyl (C=O) groups excluding carboxylic acids is 1. The van der Waals surface area contributed by atoms with E-state index in [0.717, 1.165) is 17.2 Å². The molecule has 0 bridgehead atoms. The first kappa shape index (κ1) is 17.2. The van der Waals surface area contributed by atoms with Gasteiger partial charge in [0.2, 0.25) is 5.91 Å². The first-order valence-electron chi connectivity index (χ1n) is 9.07. The largest absolute Gasteiger partial charge is 0.465 e. The summed E-state index contributed by atoms with van der Waals surface area (Å²) in [5.74, 6) is 1.82. The second kappa shape index (κ2) is 7.19. The summed E-state index contributed by atoms with van der Waals surface area (Å²) in [7, 11) is 0. The van der Waals surface area contributed by atoms with Gasteiger partial charge in [0.1, 0.15) is 17.6 Å². The summed E-state index contributed by atoms with van der Waals surface area (Å²) < 4.78 is 5.65. The zero-order chi connectivity index (χ0) is 18.1. The van der Waals surface area contributed by atoms with Crippen LogP contribution in [0.1, 0.15) is 48.6 Å². The number of amides is 1. The third kappa shape index (κ3) is 3.51. The zero-order valence-corrected chi connectivity index (χ0v) is 14.7. The molecule has 3 unspecified atom stereocenters. The average molecular weight is 356 g/mol. The number of aliphatic hydroxyl groups is 1. The lowest BCUT2D eigenvalue weighted by molar-refractivity contribution is -0.124. The molecule has 3 atom stereocenters. The fraction of sp³-hybridized carbons (Fsp3) is 0.474. The number of aryl methyl sites for hydroxylation is 1. The molecule has 2 aromatic rings. The van der Waals surface area contributed by atoms with Gasteiger partial charge in [-0.05, 0) is 56.4 Å². The van der Waals surface area contributed by atoms with E-state index in [-0.39, 0.29) is 36.1 Å². The van der Waals surface area contributed by atoms with Gasteiger partial charge in [0.15, 0.2) is 0 Å². The molecule has 2 aromatic heterocycles. The van der Waals surface area contributed by atoms with Gasteiger partial charge in [0.05, 0.1) is 23.9 Å². The molecule has 1 amide bonds. The predicted molar refractivity (Wildman–Crippen MR) is 94.7 cm³/mol. The SMILES string of the molecule is Cc1ccc(C2CC(C(=O)NC(c3ccccn3)C3CC(O)C3)NN2)o1. The van der Waals surface area contributed by atoms with Crippen LogP contribution in [-0.2, 0) is 4.79 Å². The van der Waals surface area contributed by atoms with Gasteiger partial charge >= 0.3 is 0 Å². The van der Waals surface area contributed by atoms with Gasteiger partial charge in [-0.1, -0.05) is 6.07 Å². The summed E-state index contributed by atoms with van der Waals surface area (Å²) in [5.41, 5.74) is 7.03. The van der Waals surface area contributed by atoms with Crippen molar-refractivity contribution >= 4 is 5.91 Å². The van der Waals surface area contributed by atoms with Gasteiger partial charge < -0.3 is 14.8 Å². The molecule has 4 rings (SSSR count). The molecule has 7 heteroatoms. The summed E-state index contributed by atoms with van der Waals surface area (Å²) >= 11 is 0. The minimum atomic E-state index is -0.346. The fourth-order valence-electron chi connectivity index (χ4n) is 3.70. The van der Waals surface area contributed by atoms with Gasteiger partial charge in [0, 0.05) is 6.20 Å². The van der Waals surface area contributed by atoms with Crippen molar-refractivity contribution in [2.24, 2.45) is 5.92 Å². The molecular weight excluding hydrogens is 332 g/mol. The van der Waals surface area contributed by atoms with Gasteiger partial charge in [-0.2, -0.15) is 0 Å². The number of carbonyl (C=O) groups is 1. The maximum absolute atomic E-state index is 12.8. The number of pyridine rings is 1. The van der Waals surface area contributed by atoms with E-state index in [1.807, 2.05) is 37.3 Å². The predicted octanol–water partition coefficient (Wildman–Crippen LogP) is 1.52. The second-order valence-corrected chi connectivity index (χ2v) is 7.20. The van der Waals surface area contributed by atoms with Crippen molar-refractivity contribution in [2.75, 3.05) is 0 Å². The highest BCUT2D eigenvalue weighted by atomic mass is 16.3. The standard InChI is InChI=1S/C19H24N4O3/c1-11-5-6-17(26-11)15-10-16(23-22-15)19(25)21-18(12-8-13(24)9-12)14-4-2-3-7-20-14/h2-7,12-13,15-16,18,22-24H,8-10H2,1H3,(H,21,25). The third-order valence-electron chi connectivity index (χ3n) is 5.25. The number of hydrazine groups is 1. The van der Waals surface area contributed by atoms with E-state index in [0.29, 0.717) is 19.3 Å². The summed E-state index contributed by atoms with van der Waals surface area (Å²) in [6.45, 7) is 1.90. The van der Waals surface area contributed by atoms with E-state index < -0.39 is 0 Å². The first-order valence-corrected chi connectivity index (χ1v) is 9.07. The molecule has 2 fully saturated rings. The zero-order valence-electron chi connectivity index (χ0n) is 14.7. The van der Waals surface area contributed by atoms with Crippen molar-refractivity contribution in [1.29, 1.82) is 0 Å². The summed E-state index contributed by atoms with van der Waals surface area (Å²) in [5, 5.41) is 12.8. The Morgan fingerprint density at radius 2 is 2.12 bits per heavy atom. The highest BCUT2D eigenvalue weighted by Crippen LogP contribution is 2.37. The number of rotatable bonds is 5. The smallest absolute Gasteiger partial charge is 0.239 e. The highest BCUT2D eigenvalue weighted by molar-refractivity contribution is 5.82.